The summed E-state index contributed by atoms with van der Waals surface area (Å²) < 4.78 is 28.1. The summed E-state index contributed by atoms with van der Waals surface area (Å²) in [4.78, 5) is 11.6. The van der Waals surface area contributed by atoms with E-state index in [9.17, 15) is 8.42 Å². The molecule has 0 amide bonds. The number of likely N-dealkylation sites (tertiary alicyclic amines) is 1. The molecule has 2 aromatic heterocycles. The third-order valence-corrected chi connectivity index (χ3v) is 7.90. The first-order valence-electron chi connectivity index (χ1n) is 10.8. The lowest BCUT2D eigenvalue weighted by Gasteiger charge is -2.30. The van der Waals surface area contributed by atoms with Crippen LogP contribution in [0, 0.1) is 0 Å². The van der Waals surface area contributed by atoms with E-state index in [1.807, 2.05) is 18.2 Å². The van der Waals surface area contributed by atoms with Crippen LogP contribution < -0.4 is 5.32 Å². The van der Waals surface area contributed by atoms with Crippen LogP contribution in [0.15, 0.2) is 71.9 Å². The summed E-state index contributed by atoms with van der Waals surface area (Å²) >= 11 is 6.52. The lowest BCUT2D eigenvalue weighted by Crippen LogP contribution is -2.40. The van der Waals surface area contributed by atoms with Crippen molar-refractivity contribution in [2.75, 3.05) is 25.5 Å². The number of piperidine rings is 1. The van der Waals surface area contributed by atoms with E-state index in [1.165, 1.54) is 3.97 Å². The number of halogens is 1. The second-order valence-corrected chi connectivity index (χ2v) is 10.5. The minimum atomic E-state index is -3.80. The third-order valence-electron chi connectivity index (χ3n) is 5.93. The normalized spacial score (nSPS) is 17.3. The molecule has 3 heterocycles. The van der Waals surface area contributed by atoms with Gasteiger partial charge in [0.15, 0.2) is 0 Å². The molecule has 7 nitrogen and oxygen atoms in total. The number of rotatable bonds is 5. The molecule has 1 aliphatic heterocycles. The van der Waals surface area contributed by atoms with Crippen LogP contribution in [0.2, 0.25) is 5.02 Å². The molecule has 1 N–H and O–H groups in total. The van der Waals surface area contributed by atoms with E-state index >= 15 is 0 Å². The first-order valence-corrected chi connectivity index (χ1v) is 12.6. The number of nitrogens with one attached hydrogen (secondary N) is 1. The molecule has 1 atom stereocenters. The summed E-state index contributed by atoms with van der Waals surface area (Å²) in [5, 5.41) is 4.53. The van der Waals surface area contributed by atoms with Crippen molar-refractivity contribution in [3.63, 3.8) is 0 Å². The van der Waals surface area contributed by atoms with E-state index in [0.29, 0.717) is 27.7 Å². The van der Waals surface area contributed by atoms with Crippen molar-refractivity contribution >= 4 is 38.5 Å². The van der Waals surface area contributed by atoms with Gasteiger partial charge in [0.2, 0.25) is 5.95 Å². The van der Waals surface area contributed by atoms with Crippen LogP contribution in [-0.2, 0) is 10.0 Å². The molecule has 9 heteroatoms. The second-order valence-electron chi connectivity index (χ2n) is 8.31. The Hall–Kier alpha value is -2.94. The van der Waals surface area contributed by atoms with Gasteiger partial charge in [0.05, 0.1) is 27.3 Å². The van der Waals surface area contributed by atoms with Gasteiger partial charge in [0, 0.05) is 29.7 Å². The number of para-hydroxylation sites is 1. The van der Waals surface area contributed by atoms with Crippen molar-refractivity contribution in [1.29, 1.82) is 0 Å². The summed E-state index contributed by atoms with van der Waals surface area (Å²) in [5.74, 6) is 0.484. The van der Waals surface area contributed by atoms with E-state index in [0.717, 1.165) is 31.3 Å². The Bertz CT molecular complexity index is 1410. The van der Waals surface area contributed by atoms with Crippen molar-refractivity contribution < 1.29 is 8.42 Å². The van der Waals surface area contributed by atoms with Crippen molar-refractivity contribution in [2.24, 2.45) is 0 Å². The molecule has 0 bridgehead atoms. The Morgan fingerprint density at radius 2 is 1.85 bits per heavy atom. The highest BCUT2D eigenvalue weighted by molar-refractivity contribution is 7.90. The Morgan fingerprint density at radius 1 is 1.09 bits per heavy atom. The number of likely N-dealkylation sites (N-methyl/N-ethyl adjacent to an activating group) is 1. The maximum Gasteiger partial charge on any atom is 0.268 e. The van der Waals surface area contributed by atoms with Gasteiger partial charge in [0.25, 0.3) is 10.0 Å². The van der Waals surface area contributed by atoms with Crippen LogP contribution in [0.5, 0.6) is 0 Å². The lowest BCUT2D eigenvalue weighted by molar-refractivity contribution is 0.260. The van der Waals surface area contributed by atoms with Crippen molar-refractivity contribution in [2.45, 2.75) is 23.8 Å². The Morgan fingerprint density at radius 3 is 2.64 bits per heavy atom. The maximum absolute atomic E-state index is 13.4. The molecular formula is C24H24ClN5O2S. The Kier molecular flexibility index (Phi) is 5.82. The Labute approximate surface area is 198 Å². The smallest absolute Gasteiger partial charge is 0.268 e. The van der Waals surface area contributed by atoms with Crippen LogP contribution >= 0.6 is 11.6 Å². The predicted octanol–water partition coefficient (Wildman–Crippen LogP) is 4.49. The van der Waals surface area contributed by atoms with Gasteiger partial charge in [-0.25, -0.2) is 22.4 Å². The average molecular weight is 482 g/mol. The molecule has 33 heavy (non-hydrogen) atoms. The van der Waals surface area contributed by atoms with E-state index in [-0.39, 0.29) is 10.9 Å². The maximum atomic E-state index is 13.4. The molecule has 0 saturated carbocycles. The number of hydrogen-bond acceptors (Lipinski definition) is 6. The van der Waals surface area contributed by atoms with Crippen LogP contribution in [0.4, 0.5) is 5.95 Å². The monoisotopic (exact) mass is 481 g/mol. The fraction of sp³-hybridized carbons (Fsp3) is 0.250. The summed E-state index contributed by atoms with van der Waals surface area (Å²) in [6.45, 7) is 2.00. The van der Waals surface area contributed by atoms with Crippen molar-refractivity contribution in [1.82, 2.24) is 18.8 Å². The molecule has 0 unspecified atom stereocenters. The van der Waals surface area contributed by atoms with Gasteiger partial charge in [-0.3, -0.25) is 0 Å². The lowest BCUT2D eigenvalue weighted by atomic mass is 10.1. The number of anilines is 1. The third kappa shape index (κ3) is 4.21. The largest absolute Gasteiger partial charge is 0.350 e. The highest BCUT2D eigenvalue weighted by Gasteiger charge is 2.24. The molecule has 0 aliphatic carbocycles. The van der Waals surface area contributed by atoms with Crippen molar-refractivity contribution in [3.8, 4) is 11.3 Å². The fourth-order valence-corrected chi connectivity index (χ4v) is 5.92. The molecule has 170 valence electrons. The molecule has 1 aliphatic rings. The van der Waals surface area contributed by atoms with Crippen LogP contribution in [0.25, 0.3) is 22.2 Å². The van der Waals surface area contributed by atoms with Gasteiger partial charge in [-0.05, 0) is 44.6 Å². The first kappa shape index (κ1) is 21.9. The van der Waals surface area contributed by atoms with Gasteiger partial charge in [-0.15, -0.1) is 0 Å². The molecule has 2 aromatic carbocycles. The van der Waals surface area contributed by atoms with Crippen LogP contribution in [-0.4, -0.2) is 53.4 Å². The fourth-order valence-electron chi connectivity index (χ4n) is 4.34. The minimum Gasteiger partial charge on any atom is -0.350 e. The molecule has 0 spiro atoms. The zero-order chi connectivity index (χ0) is 23.0. The van der Waals surface area contributed by atoms with E-state index in [4.69, 9.17) is 16.6 Å². The topological polar surface area (TPSA) is 80.1 Å². The minimum absolute atomic E-state index is 0.217. The summed E-state index contributed by atoms with van der Waals surface area (Å²) in [6.07, 6.45) is 5.32. The number of benzene rings is 2. The number of nitrogens with zero attached hydrogens (tertiary/aromatic N) is 4. The number of fused-ring (bicyclic) bond motifs is 1. The SMILES string of the molecule is CN1CCC[C@H](Nc2ncc(Cl)c(-c3cn(S(=O)(=O)c4ccccc4)c4ccccc34)n2)C1. The molecule has 1 fully saturated rings. The summed E-state index contributed by atoms with van der Waals surface area (Å²) in [5.41, 5.74) is 1.70. The molecule has 0 radical (unpaired) electrons. The zero-order valence-electron chi connectivity index (χ0n) is 18.1. The first-order chi connectivity index (χ1) is 15.9. The summed E-state index contributed by atoms with van der Waals surface area (Å²) in [6, 6.07) is 16.0. The van der Waals surface area contributed by atoms with Gasteiger partial charge in [-0.1, -0.05) is 48.0 Å². The standard InChI is InChI=1S/C24H24ClN5O2S/c1-29-13-7-8-17(15-29)27-24-26-14-21(25)23(28-24)20-16-30(22-12-6-5-11-19(20)22)33(31,32)18-9-3-2-4-10-18/h2-6,9-12,14,16-17H,7-8,13,15H2,1H3,(H,26,27,28)/t17-/m0/s1. The Balaban J connectivity index is 1.60. The number of aromatic nitrogens is 3. The molecule has 1 saturated heterocycles. The molecule has 5 rings (SSSR count). The van der Waals surface area contributed by atoms with Gasteiger partial charge < -0.3 is 10.2 Å². The quantitative estimate of drug-likeness (QED) is 0.452. The number of hydrogen-bond donors (Lipinski definition) is 1. The molecular weight excluding hydrogens is 458 g/mol. The van der Waals surface area contributed by atoms with Gasteiger partial charge in [0.1, 0.15) is 0 Å². The molecule has 4 aromatic rings. The van der Waals surface area contributed by atoms with Gasteiger partial charge in [-0.2, -0.15) is 0 Å². The van der Waals surface area contributed by atoms with E-state index in [2.05, 4.69) is 22.2 Å². The predicted molar refractivity (Wildman–Crippen MR) is 131 cm³/mol. The average Bonchev–Trinajstić information content (AvgIpc) is 3.21. The van der Waals surface area contributed by atoms with Gasteiger partial charge >= 0.3 is 0 Å². The second kappa shape index (κ2) is 8.78. The van der Waals surface area contributed by atoms with Crippen molar-refractivity contribution in [3.05, 3.63) is 72.0 Å². The zero-order valence-corrected chi connectivity index (χ0v) is 19.7. The highest BCUT2D eigenvalue weighted by Crippen LogP contribution is 2.35. The van der Waals surface area contributed by atoms with E-state index in [1.54, 1.807) is 48.8 Å². The summed E-state index contributed by atoms with van der Waals surface area (Å²) in [7, 11) is -1.69. The highest BCUT2D eigenvalue weighted by atomic mass is 35.5. The van der Waals surface area contributed by atoms with Crippen LogP contribution in [0.1, 0.15) is 12.8 Å². The van der Waals surface area contributed by atoms with Crippen LogP contribution in [0.3, 0.4) is 0 Å². The van der Waals surface area contributed by atoms with E-state index < -0.39 is 10.0 Å².